The first-order valence-corrected chi connectivity index (χ1v) is 11.3. The van der Waals surface area contributed by atoms with E-state index in [1.165, 1.54) is 19.3 Å². The third-order valence-corrected chi connectivity index (χ3v) is 4.51. The number of benzene rings is 1. The van der Waals surface area contributed by atoms with Crippen LogP contribution in [0.1, 0.15) is 58.3 Å². The summed E-state index contributed by atoms with van der Waals surface area (Å²) in [6.07, 6.45) is 6.36. The number of nitrogens with zero attached hydrogens (tertiary/aromatic N) is 1. The first kappa shape index (κ1) is 26.9. The van der Waals surface area contributed by atoms with Crippen LogP contribution >= 0.6 is 0 Å². The minimum absolute atomic E-state index is 0.00264. The highest BCUT2D eigenvalue weighted by Gasteiger charge is 2.10. The lowest BCUT2D eigenvalue weighted by Gasteiger charge is -2.13. The van der Waals surface area contributed by atoms with Gasteiger partial charge >= 0.3 is 11.9 Å². The quantitative estimate of drug-likeness (QED) is 0.192. The summed E-state index contributed by atoms with van der Waals surface area (Å²) < 4.78 is 21.5. The lowest BCUT2D eigenvalue weighted by atomic mass is 10.2. The molecule has 0 atom stereocenters. The van der Waals surface area contributed by atoms with Gasteiger partial charge in [-0.15, -0.1) is 0 Å². The Morgan fingerprint density at radius 3 is 2.13 bits per heavy atom. The van der Waals surface area contributed by atoms with Crippen molar-refractivity contribution in [1.82, 2.24) is 0 Å². The fraction of sp³-hybridized carbons (Fsp3) is 0.667. The van der Waals surface area contributed by atoms with E-state index in [9.17, 15) is 9.59 Å². The van der Waals surface area contributed by atoms with Crippen molar-refractivity contribution in [1.29, 1.82) is 0 Å². The molecule has 0 N–H and O–H groups in total. The van der Waals surface area contributed by atoms with Gasteiger partial charge in [-0.3, -0.25) is 9.59 Å². The van der Waals surface area contributed by atoms with Gasteiger partial charge in [0, 0.05) is 58.7 Å². The molecule has 0 aliphatic rings. The molecule has 1 aromatic carbocycles. The molecular weight excluding hydrogens is 398 g/mol. The summed E-state index contributed by atoms with van der Waals surface area (Å²) in [6, 6.07) is 7.22. The summed E-state index contributed by atoms with van der Waals surface area (Å²) in [7, 11) is 3.82. The van der Waals surface area contributed by atoms with Gasteiger partial charge in [-0.1, -0.05) is 32.3 Å². The summed E-state index contributed by atoms with van der Waals surface area (Å²) in [6.45, 7) is 5.20. The van der Waals surface area contributed by atoms with Gasteiger partial charge in [-0.2, -0.15) is 0 Å². The Kier molecular flexibility index (Phi) is 15.2. The average molecular weight is 438 g/mol. The van der Waals surface area contributed by atoms with Crippen molar-refractivity contribution in [2.24, 2.45) is 0 Å². The van der Waals surface area contributed by atoms with E-state index >= 15 is 0 Å². The summed E-state index contributed by atoms with van der Waals surface area (Å²) in [5, 5.41) is 0. The Labute approximate surface area is 187 Å². The Morgan fingerprint density at radius 1 is 0.806 bits per heavy atom. The fourth-order valence-corrected chi connectivity index (χ4v) is 2.73. The van der Waals surface area contributed by atoms with Crippen LogP contribution in [0.15, 0.2) is 24.3 Å². The molecule has 0 saturated carbocycles. The van der Waals surface area contributed by atoms with Crippen LogP contribution in [0.25, 0.3) is 0 Å². The molecule has 1 aromatic rings. The van der Waals surface area contributed by atoms with Gasteiger partial charge in [-0.05, 0) is 25.0 Å². The van der Waals surface area contributed by atoms with Gasteiger partial charge in [0.25, 0.3) is 0 Å². The Morgan fingerprint density at radius 2 is 1.45 bits per heavy atom. The van der Waals surface area contributed by atoms with Crippen molar-refractivity contribution in [3.63, 3.8) is 0 Å². The molecule has 0 heterocycles. The van der Waals surface area contributed by atoms with Crippen molar-refractivity contribution in [2.45, 2.75) is 58.3 Å². The number of carbonyl (C=O) groups excluding carboxylic acids is 2. The predicted molar refractivity (Wildman–Crippen MR) is 122 cm³/mol. The fourth-order valence-electron chi connectivity index (χ4n) is 2.73. The number of hydrogen-bond acceptors (Lipinski definition) is 7. The van der Waals surface area contributed by atoms with Gasteiger partial charge in [0.1, 0.15) is 5.75 Å². The monoisotopic (exact) mass is 437 g/mol. The van der Waals surface area contributed by atoms with Crippen LogP contribution in [0.3, 0.4) is 0 Å². The van der Waals surface area contributed by atoms with E-state index in [0.29, 0.717) is 25.4 Å². The SMILES string of the molecule is CCCCCCOCCCOCCCOC(=O)CCC(=O)Oc1cccc(N(C)C)c1. The maximum Gasteiger partial charge on any atom is 0.311 e. The predicted octanol–water partition coefficient (Wildman–Crippen LogP) is 4.38. The molecule has 0 spiro atoms. The molecule has 0 aliphatic heterocycles. The number of unbranched alkanes of at least 4 members (excludes halogenated alkanes) is 3. The Balaban J connectivity index is 1.97. The zero-order chi connectivity index (χ0) is 22.7. The smallest absolute Gasteiger partial charge is 0.311 e. The molecule has 7 nitrogen and oxygen atoms in total. The molecule has 0 fully saturated rings. The molecule has 0 unspecified atom stereocenters. The third-order valence-electron chi connectivity index (χ3n) is 4.51. The molecule has 0 amide bonds. The van der Waals surface area contributed by atoms with E-state index in [-0.39, 0.29) is 19.4 Å². The highest BCUT2D eigenvalue weighted by atomic mass is 16.5. The second kappa shape index (κ2) is 17.5. The van der Waals surface area contributed by atoms with Crippen LogP contribution in [0.4, 0.5) is 5.69 Å². The first-order valence-electron chi connectivity index (χ1n) is 11.3. The van der Waals surface area contributed by atoms with E-state index in [2.05, 4.69) is 6.92 Å². The van der Waals surface area contributed by atoms with Crippen molar-refractivity contribution in [3.8, 4) is 5.75 Å². The first-order chi connectivity index (χ1) is 15.0. The second-order valence-corrected chi connectivity index (χ2v) is 7.58. The minimum Gasteiger partial charge on any atom is -0.466 e. The summed E-state index contributed by atoms with van der Waals surface area (Å²) >= 11 is 0. The Bertz CT molecular complexity index is 620. The van der Waals surface area contributed by atoms with Gasteiger partial charge in [0.2, 0.25) is 0 Å². The molecule has 31 heavy (non-hydrogen) atoms. The highest BCUT2D eigenvalue weighted by molar-refractivity contribution is 5.79. The normalized spacial score (nSPS) is 10.7. The Hall–Kier alpha value is -2.12. The summed E-state index contributed by atoms with van der Waals surface area (Å²) in [4.78, 5) is 25.6. The topological polar surface area (TPSA) is 74.3 Å². The molecule has 0 saturated heterocycles. The third kappa shape index (κ3) is 14.5. The van der Waals surface area contributed by atoms with Crippen LogP contribution in [0.2, 0.25) is 0 Å². The van der Waals surface area contributed by atoms with Gasteiger partial charge in [0.15, 0.2) is 0 Å². The zero-order valence-corrected chi connectivity index (χ0v) is 19.4. The van der Waals surface area contributed by atoms with Crippen molar-refractivity contribution in [2.75, 3.05) is 52.0 Å². The van der Waals surface area contributed by atoms with E-state index in [4.69, 9.17) is 18.9 Å². The molecule has 1 rings (SSSR count). The molecular formula is C24H39NO6. The van der Waals surface area contributed by atoms with Crippen molar-refractivity contribution in [3.05, 3.63) is 24.3 Å². The van der Waals surface area contributed by atoms with Gasteiger partial charge in [-0.25, -0.2) is 0 Å². The van der Waals surface area contributed by atoms with Crippen LogP contribution in [0, 0.1) is 0 Å². The molecule has 7 heteroatoms. The largest absolute Gasteiger partial charge is 0.466 e. The van der Waals surface area contributed by atoms with Crippen LogP contribution in [0.5, 0.6) is 5.75 Å². The van der Waals surface area contributed by atoms with Crippen LogP contribution < -0.4 is 9.64 Å². The van der Waals surface area contributed by atoms with E-state index in [1.54, 1.807) is 12.1 Å². The van der Waals surface area contributed by atoms with Gasteiger partial charge in [0.05, 0.1) is 19.4 Å². The molecule has 0 aliphatic carbocycles. The number of rotatable bonds is 18. The maximum absolute atomic E-state index is 11.9. The molecule has 0 bridgehead atoms. The number of carbonyl (C=O) groups is 2. The molecule has 0 radical (unpaired) electrons. The number of esters is 2. The lowest BCUT2D eigenvalue weighted by Crippen LogP contribution is -2.14. The lowest BCUT2D eigenvalue weighted by molar-refractivity contribution is -0.147. The number of anilines is 1. The van der Waals surface area contributed by atoms with Crippen LogP contribution in [-0.4, -0.2) is 59.1 Å². The van der Waals surface area contributed by atoms with Crippen LogP contribution in [-0.2, 0) is 23.8 Å². The second-order valence-electron chi connectivity index (χ2n) is 7.58. The summed E-state index contributed by atoms with van der Waals surface area (Å²) in [5.41, 5.74) is 0.932. The van der Waals surface area contributed by atoms with Crippen molar-refractivity contribution >= 4 is 17.6 Å². The minimum atomic E-state index is -0.455. The standard InChI is InChI=1S/C24H39NO6/c1-4-5-6-7-15-28-16-9-17-29-18-10-19-30-23(26)13-14-24(27)31-22-12-8-11-21(20-22)25(2)3/h8,11-12,20H,4-7,9-10,13-19H2,1-3H3. The van der Waals surface area contributed by atoms with E-state index in [0.717, 1.165) is 31.7 Å². The van der Waals surface area contributed by atoms with Gasteiger partial charge < -0.3 is 23.8 Å². The average Bonchev–Trinajstić information content (AvgIpc) is 2.75. The highest BCUT2D eigenvalue weighted by Crippen LogP contribution is 2.19. The van der Waals surface area contributed by atoms with E-state index in [1.807, 2.05) is 31.1 Å². The van der Waals surface area contributed by atoms with Crippen molar-refractivity contribution < 1.29 is 28.5 Å². The molecule has 0 aromatic heterocycles. The zero-order valence-electron chi connectivity index (χ0n) is 19.4. The maximum atomic E-state index is 11.9. The number of ether oxygens (including phenoxy) is 4. The number of hydrogen-bond donors (Lipinski definition) is 0. The summed E-state index contributed by atoms with van der Waals surface area (Å²) in [5.74, 6) is -0.400. The van der Waals surface area contributed by atoms with E-state index < -0.39 is 11.9 Å². The molecule has 176 valence electrons.